The molecular weight excluding hydrogens is 328 g/mol. The smallest absolute Gasteiger partial charge is 0.277 e. The molecule has 0 aliphatic heterocycles. The van der Waals surface area contributed by atoms with Gasteiger partial charge < -0.3 is 5.32 Å². The number of nitrogens with one attached hydrogen (secondary N) is 2. The van der Waals surface area contributed by atoms with Crippen molar-refractivity contribution < 1.29 is 13.6 Å². The maximum absolute atomic E-state index is 14.0. The first-order chi connectivity index (χ1) is 11.9. The molecular formula is C18H21F2N3O2. The maximum atomic E-state index is 14.0. The number of benzene rings is 1. The molecule has 7 heteroatoms. The van der Waals surface area contributed by atoms with Crippen LogP contribution in [0.1, 0.15) is 60.4 Å². The summed E-state index contributed by atoms with van der Waals surface area (Å²) in [5.41, 5.74) is 0.819. The van der Waals surface area contributed by atoms with Gasteiger partial charge in [0.25, 0.3) is 11.5 Å². The molecule has 0 fully saturated rings. The Balaban J connectivity index is 2.39. The number of aromatic nitrogens is 2. The molecule has 1 aromatic heterocycles. The molecule has 0 aliphatic carbocycles. The Kier molecular flexibility index (Phi) is 6.01. The normalized spacial score (nSPS) is 12.0. The van der Waals surface area contributed by atoms with Gasteiger partial charge in [0.2, 0.25) is 0 Å². The van der Waals surface area contributed by atoms with Crippen LogP contribution >= 0.6 is 0 Å². The second-order valence-electron chi connectivity index (χ2n) is 5.66. The second kappa shape index (κ2) is 8.00. The Hall–Kier alpha value is -2.57. The molecule has 2 aromatic rings. The minimum absolute atomic E-state index is 0.00433. The zero-order valence-electron chi connectivity index (χ0n) is 14.5. The number of amides is 1. The topological polar surface area (TPSA) is 74.8 Å². The van der Waals surface area contributed by atoms with Gasteiger partial charge in [-0.25, -0.2) is 13.9 Å². The highest BCUT2D eigenvalue weighted by molar-refractivity contribution is 5.95. The molecule has 25 heavy (non-hydrogen) atoms. The molecule has 5 nitrogen and oxygen atoms in total. The minimum atomic E-state index is -0.735. The SMILES string of the molecule is CCc1n[nH]c(=O)c(C(=O)N[C@@H](CC)c2ccc(F)cc2F)c1CC. The van der Waals surface area contributed by atoms with Crippen molar-refractivity contribution in [2.45, 2.75) is 46.1 Å². The fourth-order valence-corrected chi connectivity index (χ4v) is 2.85. The largest absolute Gasteiger partial charge is 0.345 e. The molecule has 0 spiro atoms. The fraction of sp³-hybridized carbons (Fsp3) is 0.389. The summed E-state index contributed by atoms with van der Waals surface area (Å²) in [6, 6.07) is 2.54. The van der Waals surface area contributed by atoms with Gasteiger partial charge in [0.15, 0.2) is 0 Å². The first-order valence-electron chi connectivity index (χ1n) is 8.29. The summed E-state index contributed by atoms with van der Waals surface area (Å²) in [7, 11) is 0. The van der Waals surface area contributed by atoms with Gasteiger partial charge in [-0.05, 0) is 30.9 Å². The predicted molar refractivity (Wildman–Crippen MR) is 90.5 cm³/mol. The molecule has 134 valence electrons. The highest BCUT2D eigenvalue weighted by Gasteiger charge is 2.23. The van der Waals surface area contributed by atoms with Crippen LogP contribution in [0.5, 0.6) is 0 Å². The van der Waals surface area contributed by atoms with Crippen molar-refractivity contribution in [1.82, 2.24) is 15.5 Å². The van der Waals surface area contributed by atoms with Gasteiger partial charge in [-0.15, -0.1) is 0 Å². The van der Waals surface area contributed by atoms with Gasteiger partial charge in [0, 0.05) is 11.6 Å². The Labute approximate surface area is 144 Å². The van der Waals surface area contributed by atoms with Crippen molar-refractivity contribution >= 4 is 5.91 Å². The summed E-state index contributed by atoms with van der Waals surface area (Å²) in [4.78, 5) is 24.8. The van der Waals surface area contributed by atoms with E-state index in [4.69, 9.17) is 0 Å². The van der Waals surface area contributed by atoms with E-state index >= 15 is 0 Å². The van der Waals surface area contributed by atoms with E-state index in [9.17, 15) is 18.4 Å². The molecule has 0 radical (unpaired) electrons. The fourth-order valence-electron chi connectivity index (χ4n) is 2.85. The Bertz CT molecular complexity index is 834. The molecule has 1 amide bonds. The van der Waals surface area contributed by atoms with Crippen molar-refractivity contribution in [2.24, 2.45) is 0 Å². The van der Waals surface area contributed by atoms with Crippen LogP contribution in [0.25, 0.3) is 0 Å². The van der Waals surface area contributed by atoms with Crippen molar-refractivity contribution in [2.75, 3.05) is 0 Å². The molecule has 2 rings (SSSR count). The number of H-pyrrole nitrogens is 1. The molecule has 0 saturated heterocycles. The molecule has 0 unspecified atom stereocenters. The van der Waals surface area contributed by atoms with Crippen LogP contribution in [0.2, 0.25) is 0 Å². The number of carbonyl (C=O) groups excluding carboxylic acids is 1. The summed E-state index contributed by atoms with van der Waals surface area (Å²) in [5, 5.41) is 8.98. The molecule has 1 atom stereocenters. The van der Waals surface area contributed by atoms with Crippen LogP contribution in [0, 0.1) is 11.6 Å². The summed E-state index contributed by atoms with van der Waals surface area (Å²) in [6.07, 6.45) is 1.44. The van der Waals surface area contributed by atoms with Crippen LogP contribution in [-0.2, 0) is 12.8 Å². The molecule has 0 saturated carbocycles. The van der Waals surface area contributed by atoms with Gasteiger partial charge in [0.05, 0.1) is 11.7 Å². The molecule has 1 heterocycles. The summed E-state index contributed by atoms with van der Waals surface area (Å²) < 4.78 is 27.1. The third-order valence-corrected chi connectivity index (χ3v) is 4.14. The molecule has 0 bridgehead atoms. The Morgan fingerprint density at radius 1 is 1.24 bits per heavy atom. The zero-order valence-corrected chi connectivity index (χ0v) is 14.5. The number of halogens is 2. The highest BCUT2D eigenvalue weighted by Crippen LogP contribution is 2.22. The Morgan fingerprint density at radius 3 is 2.52 bits per heavy atom. The molecule has 1 aromatic carbocycles. The van der Waals surface area contributed by atoms with E-state index in [0.717, 1.165) is 12.1 Å². The van der Waals surface area contributed by atoms with Crippen LogP contribution in [0.15, 0.2) is 23.0 Å². The van der Waals surface area contributed by atoms with Gasteiger partial charge in [-0.1, -0.05) is 26.8 Å². The third kappa shape index (κ3) is 3.92. The van der Waals surface area contributed by atoms with E-state index in [1.165, 1.54) is 6.07 Å². The van der Waals surface area contributed by atoms with Crippen LogP contribution < -0.4 is 10.9 Å². The summed E-state index contributed by atoms with van der Waals surface area (Å²) in [6.45, 7) is 5.48. The van der Waals surface area contributed by atoms with Gasteiger partial charge in [0.1, 0.15) is 17.2 Å². The van der Waals surface area contributed by atoms with Gasteiger partial charge in [-0.3, -0.25) is 9.59 Å². The lowest BCUT2D eigenvalue weighted by Gasteiger charge is -2.19. The van der Waals surface area contributed by atoms with Crippen molar-refractivity contribution in [3.05, 3.63) is 62.6 Å². The predicted octanol–water partition coefficient (Wildman–Crippen LogP) is 3.05. The average molecular weight is 349 g/mol. The standard InChI is InChI=1S/C18H21F2N3O2/c1-4-11-15(6-3)22-23-18(25)16(11)17(24)21-14(5-2)12-8-7-10(19)9-13(12)20/h7-9,14H,4-6H2,1-3H3,(H,21,24)(H,23,25)/t14-/m0/s1. The number of rotatable bonds is 6. The van der Waals surface area contributed by atoms with E-state index < -0.39 is 29.1 Å². The van der Waals surface area contributed by atoms with Gasteiger partial charge >= 0.3 is 0 Å². The third-order valence-electron chi connectivity index (χ3n) is 4.14. The number of carbonyl (C=O) groups is 1. The first-order valence-corrected chi connectivity index (χ1v) is 8.29. The molecule has 2 N–H and O–H groups in total. The lowest BCUT2D eigenvalue weighted by atomic mass is 10.0. The van der Waals surface area contributed by atoms with Crippen molar-refractivity contribution in [1.29, 1.82) is 0 Å². The van der Waals surface area contributed by atoms with Gasteiger partial charge in [-0.2, -0.15) is 5.10 Å². The zero-order chi connectivity index (χ0) is 18.6. The van der Waals surface area contributed by atoms with Crippen LogP contribution in [0.3, 0.4) is 0 Å². The van der Waals surface area contributed by atoms with E-state index in [2.05, 4.69) is 15.5 Å². The maximum Gasteiger partial charge on any atom is 0.277 e. The lowest BCUT2D eigenvalue weighted by Crippen LogP contribution is -2.35. The number of aromatic amines is 1. The summed E-state index contributed by atoms with van der Waals surface area (Å²) in [5.74, 6) is -2.01. The van der Waals surface area contributed by atoms with E-state index in [1.54, 1.807) is 6.92 Å². The van der Waals surface area contributed by atoms with Crippen LogP contribution in [0.4, 0.5) is 8.78 Å². The quantitative estimate of drug-likeness (QED) is 0.842. The lowest BCUT2D eigenvalue weighted by molar-refractivity contribution is 0.0932. The number of hydrogen-bond acceptors (Lipinski definition) is 3. The summed E-state index contributed by atoms with van der Waals surface area (Å²) >= 11 is 0. The van der Waals surface area contributed by atoms with E-state index in [0.29, 0.717) is 30.5 Å². The van der Waals surface area contributed by atoms with E-state index in [1.807, 2.05) is 13.8 Å². The number of hydrogen-bond donors (Lipinski definition) is 2. The highest BCUT2D eigenvalue weighted by atomic mass is 19.1. The first kappa shape index (κ1) is 18.8. The average Bonchev–Trinajstić information content (AvgIpc) is 2.59. The number of aryl methyl sites for hydroxylation is 1. The van der Waals surface area contributed by atoms with Crippen LogP contribution in [-0.4, -0.2) is 16.1 Å². The van der Waals surface area contributed by atoms with Crippen molar-refractivity contribution in [3.63, 3.8) is 0 Å². The number of nitrogens with zero attached hydrogens (tertiary/aromatic N) is 1. The van der Waals surface area contributed by atoms with E-state index in [-0.39, 0.29) is 11.1 Å². The van der Waals surface area contributed by atoms with Crippen molar-refractivity contribution in [3.8, 4) is 0 Å². The molecule has 0 aliphatic rings. The Morgan fingerprint density at radius 2 is 1.96 bits per heavy atom. The second-order valence-corrected chi connectivity index (χ2v) is 5.66. The minimum Gasteiger partial charge on any atom is -0.345 e. The monoisotopic (exact) mass is 349 g/mol.